The minimum atomic E-state index is -2.47. The van der Waals surface area contributed by atoms with Gasteiger partial charge in [0.25, 0.3) is 47.3 Å². The van der Waals surface area contributed by atoms with Crippen molar-refractivity contribution in [1.82, 2.24) is 20.0 Å². The molecule has 112 heavy (non-hydrogen) atoms. The van der Waals surface area contributed by atoms with Crippen LogP contribution in [0.1, 0.15) is 96.6 Å². The van der Waals surface area contributed by atoms with E-state index in [4.69, 9.17) is 0 Å². The molecule has 0 radical (unpaired) electrons. The van der Waals surface area contributed by atoms with E-state index in [1.165, 1.54) is 18.2 Å². The Balaban J connectivity index is 1.51. The summed E-state index contributed by atoms with van der Waals surface area (Å²) in [6, 6.07) is 7.57. The van der Waals surface area contributed by atoms with Gasteiger partial charge in [-0.1, -0.05) is 649 Å². The van der Waals surface area contributed by atoms with Crippen LogP contribution >= 0.6 is 701 Å². The zero-order valence-electron chi connectivity index (χ0n) is 52.4. The summed E-state index contributed by atoms with van der Waals surface area (Å²) in [6.07, 6.45) is 0.488. The van der Waals surface area contributed by atoms with Gasteiger partial charge in [-0.15, -0.1) is 0 Å². The van der Waals surface area contributed by atoms with E-state index in [0.29, 0.717) is 0 Å². The number of rotatable bonds is 21. The average Bonchev–Trinajstić information content (AvgIpc) is 1.38. The molecule has 8 amide bonds. The number of halogens is 44. The fraction of sp³-hybridized carbons (Fsp3) is 0.643. The molecule has 2 saturated heterocycles. The summed E-state index contributed by atoms with van der Waals surface area (Å²) in [5, 5.41) is 2.43. The lowest BCUT2D eigenvalue weighted by atomic mass is 9.58. The van der Waals surface area contributed by atoms with Crippen molar-refractivity contribution in [1.29, 1.82) is 0 Å². The number of hydrogen-bond acceptors (Lipinski definition) is 8. The van der Waals surface area contributed by atoms with E-state index in [0.717, 1.165) is 14.7 Å². The van der Waals surface area contributed by atoms with Crippen molar-refractivity contribution >= 4 is 748 Å². The van der Waals surface area contributed by atoms with Crippen LogP contribution in [0, 0.1) is 0 Å². The highest BCUT2D eigenvalue weighted by Crippen LogP contribution is 2.83. The summed E-state index contributed by atoms with van der Waals surface area (Å²) in [5.74, 6) is -6.92. The lowest BCUT2D eigenvalue weighted by Crippen LogP contribution is -2.88. The average molecular weight is 4400 g/mol. The second-order valence-electron chi connectivity index (χ2n) is 25.7. The highest BCUT2D eigenvalue weighted by atomic mass is 80.0. The molecule has 630 valence electrons. The molecule has 0 aromatic heterocycles. The van der Waals surface area contributed by atoms with E-state index in [1.807, 2.05) is 0 Å². The van der Waals surface area contributed by atoms with Crippen LogP contribution in [0.2, 0.25) is 0 Å². The number of imide groups is 4. The molecule has 18 atom stereocenters. The SMILES string of the molecule is O=C1NC(=O)c2c1cc(C(Br)(Br)C(Br)(Br)N1C(=O)C3(Br)C(Br)C(Br)(C(Br)CC(Br)(Br)Br)C(Br)(C(Br)CC(Br)(Br)Br)C(Br)(C(Br)CC(Br)(Br)Br)C3(Br)C1=O)c(C(Br)(Br)C(Br)(Br)N1C(=O)C3(Br)C(Br)C(Br)(C(Br)CC(Br)(Br)Br)C(Br)(C(Br)CC(Br)(Br)Br)C(Br)(C(Br)CC(Br)(Br)Br)C3(Br)C1=O)c2CCN1C(=O)c2ccccc2C1=O. The minimum absolute atomic E-state index is 0.0841. The monoisotopic (exact) mass is 4360 g/mol. The maximum absolute atomic E-state index is 17.6. The summed E-state index contributed by atoms with van der Waals surface area (Å²) in [6.45, 7) is -0.481. The molecule has 8 rings (SSSR count). The number of fused-ring (bicyclic) bond motifs is 4. The summed E-state index contributed by atoms with van der Waals surface area (Å²) in [7, 11) is 0. The van der Waals surface area contributed by atoms with Crippen molar-refractivity contribution in [3.63, 3.8) is 0 Å². The number of benzene rings is 2. The second-order valence-corrected chi connectivity index (χ2v) is 104. The van der Waals surface area contributed by atoms with Gasteiger partial charge in [0.05, 0.1) is 57.9 Å². The zero-order chi connectivity index (χ0) is 86.9. The molecular formula is C56H30Br44N4O8. The first-order valence-corrected chi connectivity index (χ1v) is 65.4. The van der Waals surface area contributed by atoms with E-state index < -0.39 is 168 Å². The second kappa shape index (κ2) is 38.9. The van der Waals surface area contributed by atoms with Crippen molar-refractivity contribution in [3.8, 4) is 0 Å². The van der Waals surface area contributed by atoms with Gasteiger partial charge in [0.1, 0.15) is 36.6 Å². The molecule has 2 aromatic rings. The van der Waals surface area contributed by atoms with E-state index in [2.05, 4.69) is 706 Å². The van der Waals surface area contributed by atoms with Crippen LogP contribution in [0.4, 0.5) is 0 Å². The highest BCUT2D eigenvalue weighted by molar-refractivity contribution is 9.42. The third-order valence-corrected chi connectivity index (χ3v) is 72.9. The Hall–Kier alpha value is 16.1. The van der Waals surface area contributed by atoms with Gasteiger partial charge in [0.2, 0.25) is 0 Å². The molecule has 12 nitrogen and oxygen atoms in total. The topological polar surface area (TPSA) is 158 Å². The van der Waals surface area contributed by atoms with Crippen LogP contribution in [0.5, 0.6) is 0 Å². The largest absolute Gasteiger partial charge is 0.288 e. The maximum Gasteiger partial charge on any atom is 0.261 e. The fourth-order valence-electron chi connectivity index (χ4n) is 14.5. The van der Waals surface area contributed by atoms with Gasteiger partial charge in [-0.2, -0.15) is 0 Å². The lowest BCUT2D eigenvalue weighted by Gasteiger charge is -2.70. The minimum Gasteiger partial charge on any atom is -0.288 e. The molecule has 0 bridgehead atoms. The Bertz CT molecular complexity index is 4210. The van der Waals surface area contributed by atoms with Crippen LogP contribution in [0.25, 0.3) is 0 Å². The first kappa shape index (κ1) is 113. The first-order valence-electron chi connectivity index (χ1n) is 29.5. The van der Waals surface area contributed by atoms with E-state index in [9.17, 15) is 14.4 Å². The highest BCUT2D eigenvalue weighted by Gasteiger charge is 2.95. The smallest absolute Gasteiger partial charge is 0.261 e. The molecule has 2 aliphatic carbocycles. The van der Waals surface area contributed by atoms with E-state index in [-0.39, 0.29) is 77.5 Å². The molecular weight excluding hydrogens is 4370 g/mol. The first-order chi connectivity index (χ1) is 49.8. The molecule has 6 aliphatic rings. The van der Waals surface area contributed by atoms with Gasteiger partial charge in [-0.25, -0.2) is 0 Å². The van der Waals surface area contributed by atoms with E-state index >= 15 is 24.0 Å². The Labute approximate surface area is 1010 Å². The van der Waals surface area contributed by atoms with Crippen LogP contribution in [0.15, 0.2) is 30.3 Å². The van der Waals surface area contributed by atoms with Crippen LogP contribution < -0.4 is 5.32 Å². The standard InChI is InChI=1S/C56H30Br44N4O8/c57-19(8-37(65,66)67)43(83)31(63)45(85)33(109)103(35(111)51(45,91)49(89,23(61)12-41(77,78)79)47(43,87)21(59)10-39(71,72)73)55(97,98)53(93,94)18-7-17-25(28(106)101-27(17)105)16(5-6-102-29(107)14-3-1-2-4-15(14)30(102)108)26(18)54(95,96)56(99,100)104-34(110)46(86)32(64)44(84,20(58)9-38(68,69)70)48(88,22(60)11-40(74,75)76)50(90,52(46,92)36(104)112)24(62)13-42(80,81)82/h1-4,7,19-24,31-32H,5-6,8-13H2,(H,101,105,106). The number of carbonyl (C=O) groups excluding carboxylic acids is 8. The molecule has 2 saturated carbocycles. The normalized spacial score (nSPS) is 33.6. The molecule has 4 aliphatic heterocycles. The molecule has 56 heteroatoms. The number of carbonyl (C=O) groups is 8. The summed E-state index contributed by atoms with van der Waals surface area (Å²) in [5.41, 5.74) is -0.741. The summed E-state index contributed by atoms with van der Waals surface area (Å²) < 4.78 is -34.3. The van der Waals surface area contributed by atoms with Gasteiger partial charge >= 0.3 is 0 Å². The van der Waals surface area contributed by atoms with Crippen molar-refractivity contribution in [3.05, 3.63) is 69.3 Å². The quantitative estimate of drug-likeness (QED) is 0.0735. The molecule has 1 N–H and O–H groups in total. The number of likely N-dealkylation sites (tertiary alicyclic amines) is 2. The van der Waals surface area contributed by atoms with Crippen LogP contribution in [-0.2, 0) is 32.1 Å². The third kappa shape index (κ3) is 18.8. The van der Waals surface area contributed by atoms with Crippen molar-refractivity contribution in [2.45, 2.75) is 153 Å². The van der Waals surface area contributed by atoms with E-state index in [1.54, 1.807) is 12.1 Å². The number of alkyl halides is 44. The van der Waals surface area contributed by atoms with Gasteiger partial charge in [-0.05, 0) is 144 Å². The van der Waals surface area contributed by atoms with Crippen LogP contribution in [0.3, 0.4) is 0 Å². The number of hydrogen-bond donors (Lipinski definition) is 1. The van der Waals surface area contributed by atoms with Gasteiger partial charge in [0.15, 0.2) is 6.71 Å². The number of nitrogens with one attached hydrogen (secondary N) is 1. The molecule has 4 fully saturated rings. The lowest BCUT2D eigenvalue weighted by molar-refractivity contribution is -0.142. The predicted octanol–water partition coefficient (Wildman–Crippen LogP) is 33.8. The third-order valence-electron chi connectivity index (χ3n) is 19.3. The van der Waals surface area contributed by atoms with Crippen LogP contribution in [-0.4, -0.2) is 170 Å². The number of nitrogens with zero attached hydrogens (tertiary/aromatic N) is 3. The van der Waals surface area contributed by atoms with Crippen molar-refractivity contribution in [2.75, 3.05) is 6.54 Å². The fourth-order valence-corrected chi connectivity index (χ4v) is 60.8. The zero-order valence-corrected chi connectivity index (χ0v) is 122. The Morgan fingerprint density at radius 2 is 0.661 bits per heavy atom. The predicted molar refractivity (Wildman–Crippen MR) is 611 cm³/mol. The molecule has 0 spiro atoms. The molecule has 18 unspecified atom stereocenters. The molecule has 4 heterocycles. The Morgan fingerprint density at radius 1 is 0.375 bits per heavy atom. The summed E-state index contributed by atoms with van der Waals surface area (Å²) in [4.78, 5) is 125. The maximum atomic E-state index is 17.6. The number of amides is 8. The summed E-state index contributed by atoms with van der Waals surface area (Å²) >= 11 is 175. The van der Waals surface area contributed by atoms with Gasteiger partial charge in [0, 0.05) is 35.5 Å². The molecule has 2 aromatic carbocycles. The van der Waals surface area contributed by atoms with Gasteiger partial charge in [-0.3, -0.25) is 58.4 Å². The Kier molecular flexibility index (Phi) is 39.3. The Morgan fingerprint density at radius 3 is 0.964 bits per heavy atom. The van der Waals surface area contributed by atoms with Crippen molar-refractivity contribution in [2.24, 2.45) is 0 Å². The van der Waals surface area contributed by atoms with Gasteiger partial charge < -0.3 is 0 Å². The van der Waals surface area contributed by atoms with Crippen molar-refractivity contribution < 1.29 is 38.4 Å².